The number of carbonyl (C=O) groups is 1. The second-order valence-electron chi connectivity index (χ2n) is 5.79. The highest BCUT2D eigenvalue weighted by Crippen LogP contribution is 2.21. The molecule has 0 atom stereocenters. The molecule has 1 aromatic carbocycles. The third-order valence-electron chi connectivity index (χ3n) is 3.92. The summed E-state index contributed by atoms with van der Waals surface area (Å²) >= 11 is 0. The molecule has 0 radical (unpaired) electrons. The molecule has 0 aliphatic heterocycles. The minimum absolute atomic E-state index is 0.218. The minimum Gasteiger partial charge on any atom is -0.321 e. The van der Waals surface area contributed by atoms with Gasteiger partial charge in [-0.05, 0) is 43.3 Å². The molecule has 0 bridgehead atoms. The van der Waals surface area contributed by atoms with E-state index >= 15 is 0 Å². The van der Waals surface area contributed by atoms with E-state index < -0.39 is 0 Å². The van der Waals surface area contributed by atoms with Crippen LogP contribution in [0.3, 0.4) is 0 Å². The lowest BCUT2D eigenvalue weighted by Gasteiger charge is -2.06. The van der Waals surface area contributed by atoms with Crippen molar-refractivity contribution in [1.82, 2.24) is 14.4 Å². The average molecular weight is 328 g/mol. The average Bonchev–Trinajstić information content (AvgIpc) is 3.06. The SMILES string of the molecule is Cc1cccc(C(=O)Nc2ccc(-c3cn4ccccc4n3)cc2)n1. The molecule has 0 aliphatic rings. The molecule has 0 saturated heterocycles. The van der Waals surface area contributed by atoms with Crippen molar-refractivity contribution in [1.29, 1.82) is 0 Å². The predicted molar refractivity (Wildman–Crippen MR) is 97.6 cm³/mol. The van der Waals surface area contributed by atoms with Crippen molar-refractivity contribution in [2.45, 2.75) is 6.92 Å². The fraction of sp³-hybridized carbons (Fsp3) is 0.0500. The quantitative estimate of drug-likeness (QED) is 0.619. The number of hydrogen-bond donors (Lipinski definition) is 1. The third kappa shape index (κ3) is 3.12. The zero-order valence-corrected chi connectivity index (χ0v) is 13.7. The Balaban J connectivity index is 1.54. The van der Waals surface area contributed by atoms with Gasteiger partial charge in [0.05, 0.1) is 5.69 Å². The molecule has 1 N–H and O–H groups in total. The van der Waals surface area contributed by atoms with Gasteiger partial charge in [0, 0.05) is 29.3 Å². The molecular weight excluding hydrogens is 312 g/mol. The topological polar surface area (TPSA) is 59.3 Å². The van der Waals surface area contributed by atoms with E-state index in [1.54, 1.807) is 6.07 Å². The Morgan fingerprint density at radius 1 is 0.960 bits per heavy atom. The zero-order valence-electron chi connectivity index (χ0n) is 13.7. The van der Waals surface area contributed by atoms with E-state index in [0.29, 0.717) is 5.69 Å². The number of anilines is 1. The summed E-state index contributed by atoms with van der Waals surface area (Å²) in [6.45, 7) is 1.86. The normalized spacial score (nSPS) is 10.8. The van der Waals surface area contributed by atoms with E-state index in [-0.39, 0.29) is 5.91 Å². The number of nitrogens with one attached hydrogen (secondary N) is 1. The summed E-state index contributed by atoms with van der Waals surface area (Å²) < 4.78 is 1.98. The second-order valence-corrected chi connectivity index (χ2v) is 5.79. The Hall–Kier alpha value is -3.47. The van der Waals surface area contributed by atoms with E-state index in [1.807, 2.05) is 78.3 Å². The van der Waals surface area contributed by atoms with Crippen LogP contribution in [0.4, 0.5) is 5.69 Å². The lowest BCUT2D eigenvalue weighted by atomic mass is 10.1. The van der Waals surface area contributed by atoms with Gasteiger partial charge in [0.2, 0.25) is 0 Å². The van der Waals surface area contributed by atoms with Crippen molar-refractivity contribution < 1.29 is 4.79 Å². The number of imidazole rings is 1. The number of benzene rings is 1. The summed E-state index contributed by atoms with van der Waals surface area (Å²) in [5.74, 6) is -0.218. The van der Waals surface area contributed by atoms with Crippen LogP contribution in [0.1, 0.15) is 16.2 Å². The first-order valence-corrected chi connectivity index (χ1v) is 7.98. The van der Waals surface area contributed by atoms with Crippen LogP contribution in [0.5, 0.6) is 0 Å². The highest BCUT2D eigenvalue weighted by molar-refractivity contribution is 6.02. The molecule has 3 heterocycles. The zero-order chi connectivity index (χ0) is 17.2. The van der Waals surface area contributed by atoms with Gasteiger partial charge in [-0.3, -0.25) is 4.79 Å². The standard InChI is InChI=1S/C20H16N4O/c1-14-5-4-6-17(21-14)20(25)22-16-10-8-15(9-11-16)18-13-24-12-3-2-7-19(24)23-18/h2-13H,1H3,(H,22,25). The lowest BCUT2D eigenvalue weighted by molar-refractivity contribution is 0.102. The maximum atomic E-state index is 12.2. The summed E-state index contributed by atoms with van der Waals surface area (Å²) in [4.78, 5) is 21.1. The van der Waals surface area contributed by atoms with Crippen molar-refractivity contribution >= 4 is 17.2 Å². The summed E-state index contributed by atoms with van der Waals surface area (Å²) in [5, 5.41) is 2.86. The fourth-order valence-corrected chi connectivity index (χ4v) is 2.66. The Kier molecular flexibility index (Phi) is 3.74. The molecule has 122 valence electrons. The number of pyridine rings is 2. The molecule has 1 amide bonds. The Morgan fingerprint density at radius 2 is 1.80 bits per heavy atom. The third-order valence-corrected chi connectivity index (χ3v) is 3.92. The number of carbonyl (C=O) groups excluding carboxylic acids is 1. The predicted octanol–water partition coefficient (Wildman–Crippen LogP) is 3.96. The van der Waals surface area contributed by atoms with Gasteiger partial charge in [-0.2, -0.15) is 0 Å². The maximum absolute atomic E-state index is 12.2. The number of amides is 1. The molecule has 5 heteroatoms. The maximum Gasteiger partial charge on any atom is 0.274 e. The Labute approximate surface area is 145 Å². The summed E-state index contributed by atoms with van der Waals surface area (Å²) in [7, 11) is 0. The molecule has 0 aliphatic carbocycles. The van der Waals surface area contributed by atoms with E-state index in [9.17, 15) is 4.79 Å². The Morgan fingerprint density at radius 3 is 2.56 bits per heavy atom. The highest BCUT2D eigenvalue weighted by Gasteiger charge is 2.08. The van der Waals surface area contributed by atoms with Crippen molar-refractivity contribution in [3.63, 3.8) is 0 Å². The summed E-state index contributed by atoms with van der Waals surface area (Å²) in [6, 6.07) is 18.9. The van der Waals surface area contributed by atoms with Crippen LogP contribution >= 0.6 is 0 Å². The first kappa shape index (κ1) is 15.1. The molecule has 4 aromatic rings. The molecule has 0 saturated carbocycles. The Bertz CT molecular complexity index is 1020. The monoisotopic (exact) mass is 328 g/mol. The molecule has 3 aromatic heterocycles. The van der Waals surface area contributed by atoms with Crippen LogP contribution in [0.25, 0.3) is 16.9 Å². The first-order chi connectivity index (χ1) is 12.2. The minimum atomic E-state index is -0.218. The number of hydrogen-bond acceptors (Lipinski definition) is 3. The van der Waals surface area contributed by atoms with Crippen LogP contribution in [0, 0.1) is 6.92 Å². The molecule has 0 fully saturated rings. The van der Waals surface area contributed by atoms with E-state index in [4.69, 9.17) is 0 Å². The van der Waals surface area contributed by atoms with Crippen molar-refractivity contribution in [2.24, 2.45) is 0 Å². The van der Waals surface area contributed by atoms with Crippen LogP contribution in [0.2, 0.25) is 0 Å². The van der Waals surface area contributed by atoms with Crippen LogP contribution in [-0.4, -0.2) is 20.3 Å². The van der Waals surface area contributed by atoms with Crippen molar-refractivity contribution in [3.05, 3.63) is 84.4 Å². The summed E-state index contributed by atoms with van der Waals surface area (Å²) in [5.41, 5.74) is 4.74. The number of aryl methyl sites for hydroxylation is 1. The summed E-state index contributed by atoms with van der Waals surface area (Å²) in [6.07, 6.45) is 3.95. The van der Waals surface area contributed by atoms with Gasteiger partial charge in [0.1, 0.15) is 11.3 Å². The van der Waals surface area contributed by atoms with Crippen LogP contribution in [-0.2, 0) is 0 Å². The fourth-order valence-electron chi connectivity index (χ4n) is 2.66. The van der Waals surface area contributed by atoms with Gasteiger partial charge >= 0.3 is 0 Å². The second kappa shape index (κ2) is 6.20. The lowest BCUT2D eigenvalue weighted by Crippen LogP contribution is -2.13. The van der Waals surface area contributed by atoms with Gasteiger partial charge < -0.3 is 9.72 Å². The molecular formula is C20H16N4O. The highest BCUT2D eigenvalue weighted by atomic mass is 16.1. The first-order valence-electron chi connectivity index (χ1n) is 7.98. The number of aromatic nitrogens is 3. The van der Waals surface area contributed by atoms with Gasteiger partial charge in [-0.25, -0.2) is 9.97 Å². The van der Waals surface area contributed by atoms with Gasteiger partial charge in [0.15, 0.2) is 0 Å². The molecule has 5 nitrogen and oxygen atoms in total. The molecule has 4 rings (SSSR count). The molecule has 0 unspecified atom stereocenters. The number of nitrogens with zero attached hydrogens (tertiary/aromatic N) is 3. The van der Waals surface area contributed by atoms with Gasteiger partial charge in [-0.1, -0.05) is 24.3 Å². The largest absolute Gasteiger partial charge is 0.321 e. The van der Waals surface area contributed by atoms with Gasteiger partial charge in [0.25, 0.3) is 5.91 Å². The van der Waals surface area contributed by atoms with Crippen LogP contribution in [0.15, 0.2) is 73.1 Å². The number of fused-ring (bicyclic) bond motifs is 1. The van der Waals surface area contributed by atoms with Crippen molar-refractivity contribution in [2.75, 3.05) is 5.32 Å². The van der Waals surface area contributed by atoms with E-state index in [1.165, 1.54) is 0 Å². The smallest absolute Gasteiger partial charge is 0.274 e. The molecule has 0 spiro atoms. The number of rotatable bonds is 3. The van der Waals surface area contributed by atoms with E-state index in [0.717, 1.165) is 28.3 Å². The van der Waals surface area contributed by atoms with Crippen LogP contribution < -0.4 is 5.32 Å². The molecule has 25 heavy (non-hydrogen) atoms. The van der Waals surface area contributed by atoms with Crippen molar-refractivity contribution in [3.8, 4) is 11.3 Å². The van der Waals surface area contributed by atoms with E-state index in [2.05, 4.69) is 15.3 Å². The van der Waals surface area contributed by atoms with Gasteiger partial charge in [-0.15, -0.1) is 0 Å².